The van der Waals surface area contributed by atoms with Crippen LogP contribution in [0.4, 0.5) is 0 Å². The van der Waals surface area contributed by atoms with Crippen LogP contribution in [-0.4, -0.2) is 0 Å². The first-order valence-corrected chi connectivity index (χ1v) is 5.42. The first-order valence-electron chi connectivity index (χ1n) is 4.60. The smallest absolute Gasteiger partial charge is 0.122 e. The molecule has 0 saturated carbocycles. The second kappa shape index (κ2) is 4.29. The van der Waals surface area contributed by atoms with Gasteiger partial charge in [-0.1, -0.05) is 24.3 Å². The first kappa shape index (κ1) is 9.28. The molecule has 72 valence electrons. The van der Waals surface area contributed by atoms with E-state index < -0.39 is 0 Å². The second-order valence-corrected chi connectivity index (χ2v) is 4.20. The fourth-order valence-electron chi connectivity index (χ4n) is 1.33. The standard InChI is InChI=1S/C12H12OS/c1-2-7-13-9-11-8-10-5-3-4-6-12(10)14-11/h2-8H,9H2,1H3. The average Bonchev–Trinajstić information content (AvgIpc) is 2.60. The maximum Gasteiger partial charge on any atom is 0.122 e. The highest BCUT2D eigenvalue weighted by Gasteiger charge is 1.99. The molecule has 1 aromatic carbocycles. The van der Waals surface area contributed by atoms with Crippen molar-refractivity contribution in [3.63, 3.8) is 0 Å². The molecular weight excluding hydrogens is 192 g/mol. The minimum absolute atomic E-state index is 0.670. The van der Waals surface area contributed by atoms with Crippen LogP contribution in [0, 0.1) is 0 Å². The largest absolute Gasteiger partial charge is 0.496 e. The number of thiophene rings is 1. The molecule has 0 unspecified atom stereocenters. The van der Waals surface area contributed by atoms with Gasteiger partial charge in [0.25, 0.3) is 0 Å². The van der Waals surface area contributed by atoms with Crippen molar-refractivity contribution in [3.8, 4) is 0 Å². The molecule has 0 spiro atoms. The number of fused-ring (bicyclic) bond motifs is 1. The van der Waals surface area contributed by atoms with Crippen molar-refractivity contribution in [3.05, 3.63) is 47.5 Å². The molecule has 0 atom stereocenters. The van der Waals surface area contributed by atoms with Crippen molar-refractivity contribution in [1.82, 2.24) is 0 Å². The first-order chi connectivity index (χ1) is 6.90. The van der Waals surface area contributed by atoms with Gasteiger partial charge in [-0.3, -0.25) is 0 Å². The van der Waals surface area contributed by atoms with Crippen molar-refractivity contribution in [2.45, 2.75) is 13.5 Å². The Morgan fingerprint density at radius 1 is 1.36 bits per heavy atom. The number of benzene rings is 1. The predicted octanol–water partition coefficient (Wildman–Crippen LogP) is 3.95. The maximum atomic E-state index is 5.33. The van der Waals surface area contributed by atoms with Crippen LogP contribution in [0.15, 0.2) is 42.7 Å². The normalized spacial score (nSPS) is 11.2. The van der Waals surface area contributed by atoms with Gasteiger partial charge in [-0.2, -0.15) is 0 Å². The molecular formula is C12H12OS. The van der Waals surface area contributed by atoms with Gasteiger partial charge >= 0.3 is 0 Å². The zero-order valence-electron chi connectivity index (χ0n) is 8.07. The Labute approximate surface area is 87.6 Å². The van der Waals surface area contributed by atoms with E-state index in [9.17, 15) is 0 Å². The molecule has 0 radical (unpaired) electrons. The van der Waals surface area contributed by atoms with Gasteiger partial charge < -0.3 is 4.74 Å². The number of ether oxygens (including phenoxy) is 1. The van der Waals surface area contributed by atoms with Crippen molar-refractivity contribution in [2.24, 2.45) is 0 Å². The fourth-order valence-corrected chi connectivity index (χ4v) is 2.32. The number of allylic oxidation sites excluding steroid dienone is 1. The summed E-state index contributed by atoms with van der Waals surface area (Å²) in [7, 11) is 0. The van der Waals surface area contributed by atoms with Gasteiger partial charge in [-0.05, 0) is 24.4 Å². The SMILES string of the molecule is CC=COCc1cc2ccccc2s1. The van der Waals surface area contributed by atoms with Crippen LogP contribution in [0.1, 0.15) is 11.8 Å². The van der Waals surface area contributed by atoms with Crippen LogP contribution in [0.5, 0.6) is 0 Å². The molecule has 1 nitrogen and oxygen atoms in total. The Hall–Kier alpha value is -1.28. The molecule has 14 heavy (non-hydrogen) atoms. The summed E-state index contributed by atoms with van der Waals surface area (Å²) in [6.45, 7) is 2.62. The molecule has 1 aromatic heterocycles. The van der Waals surface area contributed by atoms with Crippen molar-refractivity contribution >= 4 is 21.4 Å². The minimum atomic E-state index is 0.670. The lowest BCUT2D eigenvalue weighted by Gasteiger charge is -1.94. The van der Waals surface area contributed by atoms with Crippen LogP contribution in [-0.2, 0) is 11.3 Å². The Morgan fingerprint density at radius 2 is 2.21 bits per heavy atom. The second-order valence-electron chi connectivity index (χ2n) is 3.03. The molecule has 2 aromatic rings. The van der Waals surface area contributed by atoms with Gasteiger partial charge in [0.1, 0.15) is 6.61 Å². The number of rotatable bonds is 3. The summed E-state index contributed by atoms with van der Waals surface area (Å²) in [5, 5.41) is 1.30. The summed E-state index contributed by atoms with van der Waals surface area (Å²) in [6.07, 6.45) is 3.62. The van der Waals surface area contributed by atoms with E-state index >= 15 is 0 Å². The highest BCUT2D eigenvalue weighted by Crippen LogP contribution is 2.25. The Balaban J connectivity index is 2.18. The molecule has 2 heteroatoms. The van der Waals surface area contributed by atoms with Crippen LogP contribution >= 0.6 is 11.3 Å². The molecule has 0 amide bonds. The van der Waals surface area contributed by atoms with Gasteiger partial charge in [-0.25, -0.2) is 0 Å². The van der Waals surface area contributed by atoms with Gasteiger partial charge in [0, 0.05) is 9.58 Å². The molecule has 0 aliphatic heterocycles. The summed E-state index contributed by atoms with van der Waals surface area (Å²) in [5.41, 5.74) is 0. The molecule has 0 aliphatic carbocycles. The molecule has 0 aliphatic rings. The highest BCUT2D eigenvalue weighted by molar-refractivity contribution is 7.19. The zero-order chi connectivity index (χ0) is 9.80. The molecule has 2 rings (SSSR count). The van der Waals surface area contributed by atoms with Crippen LogP contribution in [0.2, 0.25) is 0 Å². The quantitative estimate of drug-likeness (QED) is 0.688. The summed E-state index contributed by atoms with van der Waals surface area (Å²) < 4.78 is 6.65. The summed E-state index contributed by atoms with van der Waals surface area (Å²) in [6, 6.07) is 10.6. The maximum absolute atomic E-state index is 5.33. The van der Waals surface area contributed by atoms with E-state index in [4.69, 9.17) is 4.74 Å². The highest BCUT2D eigenvalue weighted by atomic mass is 32.1. The fraction of sp³-hybridized carbons (Fsp3) is 0.167. The molecule has 0 saturated heterocycles. The Bertz CT molecular complexity index is 409. The van der Waals surface area contributed by atoms with E-state index in [1.165, 1.54) is 15.0 Å². The lowest BCUT2D eigenvalue weighted by molar-refractivity contribution is 0.239. The molecule has 0 N–H and O–H groups in total. The van der Waals surface area contributed by atoms with E-state index in [0.717, 1.165) is 0 Å². The monoisotopic (exact) mass is 204 g/mol. The molecule has 0 fully saturated rings. The minimum Gasteiger partial charge on any atom is -0.496 e. The third-order valence-electron chi connectivity index (χ3n) is 1.93. The Morgan fingerprint density at radius 3 is 3.00 bits per heavy atom. The lowest BCUT2D eigenvalue weighted by atomic mass is 10.2. The van der Waals surface area contributed by atoms with Crippen molar-refractivity contribution in [1.29, 1.82) is 0 Å². The van der Waals surface area contributed by atoms with E-state index in [1.807, 2.05) is 13.0 Å². The van der Waals surface area contributed by atoms with Crippen molar-refractivity contribution < 1.29 is 4.74 Å². The van der Waals surface area contributed by atoms with Crippen molar-refractivity contribution in [2.75, 3.05) is 0 Å². The third-order valence-corrected chi connectivity index (χ3v) is 3.02. The summed E-state index contributed by atoms with van der Waals surface area (Å²) in [5.74, 6) is 0. The Kier molecular flexibility index (Phi) is 2.84. The number of hydrogen-bond donors (Lipinski definition) is 0. The van der Waals surface area contributed by atoms with E-state index in [1.54, 1.807) is 17.6 Å². The van der Waals surface area contributed by atoms with Gasteiger partial charge in [-0.15, -0.1) is 11.3 Å². The third kappa shape index (κ3) is 1.96. The zero-order valence-corrected chi connectivity index (χ0v) is 8.88. The lowest BCUT2D eigenvalue weighted by Crippen LogP contribution is -1.79. The van der Waals surface area contributed by atoms with E-state index in [-0.39, 0.29) is 0 Å². The topological polar surface area (TPSA) is 9.23 Å². The average molecular weight is 204 g/mol. The molecule has 0 bridgehead atoms. The predicted molar refractivity (Wildman–Crippen MR) is 61.4 cm³/mol. The number of hydrogen-bond acceptors (Lipinski definition) is 2. The van der Waals surface area contributed by atoms with Crippen LogP contribution in [0.3, 0.4) is 0 Å². The summed E-state index contributed by atoms with van der Waals surface area (Å²) in [4.78, 5) is 1.27. The molecule has 1 heterocycles. The van der Waals surface area contributed by atoms with E-state index in [0.29, 0.717) is 6.61 Å². The summed E-state index contributed by atoms with van der Waals surface area (Å²) >= 11 is 1.79. The van der Waals surface area contributed by atoms with Gasteiger partial charge in [0.15, 0.2) is 0 Å². The van der Waals surface area contributed by atoms with Gasteiger partial charge in [0.05, 0.1) is 6.26 Å². The van der Waals surface area contributed by atoms with Crippen LogP contribution < -0.4 is 0 Å². The van der Waals surface area contributed by atoms with E-state index in [2.05, 4.69) is 30.3 Å². The van der Waals surface area contributed by atoms with Gasteiger partial charge in [0.2, 0.25) is 0 Å². The van der Waals surface area contributed by atoms with Crippen LogP contribution in [0.25, 0.3) is 10.1 Å².